The highest BCUT2D eigenvalue weighted by atomic mass is 14.9. The van der Waals surface area contributed by atoms with Gasteiger partial charge in [0.1, 0.15) is 0 Å². The van der Waals surface area contributed by atoms with Crippen LogP contribution < -0.4 is 0 Å². The van der Waals surface area contributed by atoms with Crippen molar-refractivity contribution in [3.05, 3.63) is 84.9 Å². The Morgan fingerprint density at radius 3 is 1.85 bits per heavy atom. The van der Waals surface area contributed by atoms with Crippen LogP contribution in [-0.2, 0) is 7.05 Å². The Hall–Kier alpha value is -3.32. The summed E-state index contributed by atoms with van der Waals surface area (Å²) >= 11 is 0. The van der Waals surface area contributed by atoms with Gasteiger partial charge in [0.05, 0.1) is 5.52 Å². The largest absolute Gasteiger partial charge is 0.343 e. The maximum atomic E-state index is 2.33. The molecule has 0 saturated heterocycles. The summed E-state index contributed by atoms with van der Waals surface area (Å²) in [5.74, 6) is 0. The molecule has 0 aliphatic heterocycles. The van der Waals surface area contributed by atoms with E-state index in [0.29, 0.717) is 0 Å². The number of nitrogens with zero attached hydrogens (tertiary/aromatic N) is 1. The zero-order valence-electron chi connectivity index (χ0n) is 14.5. The number of benzene rings is 5. The summed E-state index contributed by atoms with van der Waals surface area (Å²) in [4.78, 5) is 0. The van der Waals surface area contributed by atoms with E-state index in [-0.39, 0.29) is 0 Å². The molecule has 0 radical (unpaired) electrons. The van der Waals surface area contributed by atoms with Crippen LogP contribution in [0.25, 0.3) is 54.1 Å². The molecule has 0 atom stereocenters. The average molecular weight is 331 g/mol. The summed E-state index contributed by atoms with van der Waals surface area (Å²) in [7, 11) is 2.18. The van der Waals surface area contributed by atoms with Crippen molar-refractivity contribution < 1.29 is 0 Å². The number of fused-ring (bicyclic) bond motifs is 9. The van der Waals surface area contributed by atoms with Gasteiger partial charge < -0.3 is 4.57 Å². The number of aryl methyl sites for hydroxylation is 1. The standard InChI is InChI=1S/C25H17N/c1-26-24-9-5-4-8-21(24)23-15-13-20-19-11-10-16-6-2-3-7-17(16)18(19)12-14-22(20)25(23)26/h2-15H,1H3. The first-order chi connectivity index (χ1) is 12.8. The maximum Gasteiger partial charge on any atom is 0.0568 e. The molecule has 0 N–H and O–H groups in total. The molecular weight excluding hydrogens is 314 g/mol. The third-order valence-electron chi connectivity index (χ3n) is 5.79. The third kappa shape index (κ3) is 1.65. The van der Waals surface area contributed by atoms with Crippen LogP contribution in [0.2, 0.25) is 0 Å². The molecule has 0 aliphatic carbocycles. The van der Waals surface area contributed by atoms with Gasteiger partial charge >= 0.3 is 0 Å². The molecule has 0 bridgehead atoms. The molecular formula is C25H17N. The minimum Gasteiger partial charge on any atom is -0.343 e. The van der Waals surface area contributed by atoms with Gasteiger partial charge in [0.25, 0.3) is 0 Å². The van der Waals surface area contributed by atoms with E-state index < -0.39 is 0 Å². The zero-order valence-corrected chi connectivity index (χ0v) is 14.5. The van der Waals surface area contributed by atoms with E-state index in [2.05, 4.69) is 96.5 Å². The quantitative estimate of drug-likeness (QED) is 0.270. The van der Waals surface area contributed by atoms with Crippen molar-refractivity contribution in [2.45, 2.75) is 0 Å². The van der Waals surface area contributed by atoms with Gasteiger partial charge in [-0.2, -0.15) is 0 Å². The molecule has 1 heterocycles. The molecule has 5 aromatic carbocycles. The van der Waals surface area contributed by atoms with Crippen LogP contribution in [0.15, 0.2) is 84.9 Å². The minimum absolute atomic E-state index is 1.29. The Morgan fingerprint density at radius 1 is 0.462 bits per heavy atom. The fourth-order valence-electron chi connectivity index (χ4n) is 4.58. The van der Waals surface area contributed by atoms with Gasteiger partial charge in [-0.25, -0.2) is 0 Å². The number of rotatable bonds is 0. The zero-order chi connectivity index (χ0) is 17.3. The van der Waals surface area contributed by atoms with E-state index in [4.69, 9.17) is 0 Å². The fraction of sp³-hybridized carbons (Fsp3) is 0.0400. The molecule has 1 aromatic heterocycles. The summed E-state index contributed by atoms with van der Waals surface area (Å²) in [6.45, 7) is 0. The lowest BCUT2D eigenvalue weighted by atomic mass is 9.96. The van der Waals surface area contributed by atoms with Crippen LogP contribution in [0.4, 0.5) is 0 Å². The minimum atomic E-state index is 1.29. The van der Waals surface area contributed by atoms with Gasteiger partial charge in [-0.05, 0) is 33.0 Å². The van der Waals surface area contributed by atoms with E-state index in [0.717, 1.165) is 0 Å². The lowest BCUT2D eigenvalue weighted by molar-refractivity contribution is 1.02. The monoisotopic (exact) mass is 331 g/mol. The highest BCUT2D eigenvalue weighted by Crippen LogP contribution is 2.37. The van der Waals surface area contributed by atoms with Crippen molar-refractivity contribution >= 4 is 54.1 Å². The highest BCUT2D eigenvalue weighted by molar-refractivity contribution is 6.25. The molecule has 0 fully saturated rings. The first kappa shape index (κ1) is 13.9. The van der Waals surface area contributed by atoms with Crippen molar-refractivity contribution in [1.29, 1.82) is 0 Å². The van der Waals surface area contributed by atoms with E-state index in [1.165, 1.54) is 54.1 Å². The van der Waals surface area contributed by atoms with Crippen LogP contribution in [0.5, 0.6) is 0 Å². The molecule has 26 heavy (non-hydrogen) atoms. The van der Waals surface area contributed by atoms with Gasteiger partial charge in [0.2, 0.25) is 0 Å². The topological polar surface area (TPSA) is 4.93 Å². The van der Waals surface area contributed by atoms with Crippen LogP contribution >= 0.6 is 0 Å². The van der Waals surface area contributed by atoms with Crippen molar-refractivity contribution in [2.75, 3.05) is 0 Å². The molecule has 0 aliphatic rings. The van der Waals surface area contributed by atoms with E-state index >= 15 is 0 Å². The van der Waals surface area contributed by atoms with Gasteiger partial charge in [-0.15, -0.1) is 0 Å². The third-order valence-corrected chi connectivity index (χ3v) is 5.79. The maximum absolute atomic E-state index is 2.33. The van der Waals surface area contributed by atoms with Crippen LogP contribution in [0, 0.1) is 0 Å². The smallest absolute Gasteiger partial charge is 0.0568 e. The molecule has 1 nitrogen and oxygen atoms in total. The normalized spacial score (nSPS) is 12.0. The Kier molecular flexibility index (Phi) is 2.60. The van der Waals surface area contributed by atoms with Crippen LogP contribution in [0.1, 0.15) is 0 Å². The van der Waals surface area contributed by atoms with E-state index in [1.54, 1.807) is 0 Å². The molecule has 6 aromatic rings. The Bertz CT molecular complexity index is 1480. The highest BCUT2D eigenvalue weighted by Gasteiger charge is 2.12. The lowest BCUT2D eigenvalue weighted by Crippen LogP contribution is -1.88. The molecule has 1 heteroatoms. The number of hydrogen-bond donors (Lipinski definition) is 0. The predicted octanol–water partition coefficient (Wildman–Crippen LogP) is 6.79. The SMILES string of the molecule is Cn1c2ccccc2c2ccc3c4ccc5ccccc5c4ccc3c21. The first-order valence-corrected chi connectivity index (χ1v) is 9.03. The molecule has 6 rings (SSSR count). The Balaban J connectivity index is 1.87. The number of hydrogen-bond acceptors (Lipinski definition) is 0. The van der Waals surface area contributed by atoms with Gasteiger partial charge in [0.15, 0.2) is 0 Å². The number of para-hydroxylation sites is 1. The second kappa shape index (κ2) is 4.86. The number of aromatic nitrogens is 1. The van der Waals surface area contributed by atoms with Crippen molar-refractivity contribution in [2.24, 2.45) is 7.05 Å². The van der Waals surface area contributed by atoms with Gasteiger partial charge in [-0.1, -0.05) is 78.9 Å². The van der Waals surface area contributed by atoms with Crippen molar-refractivity contribution in [3.63, 3.8) is 0 Å². The Labute approximate surface area is 151 Å². The first-order valence-electron chi connectivity index (χ1n) is 9.03. The summed E-state index contributed by atoms with van der Waals surface area (Å²) in [5.41, 5.74) is 2.60. The Morgan fingerprint density at radius 2 is 1.00 bits per heavy atom. The summed E-state index contributed by atoms with van der Waals surface area (Å²) in [6.07, 6.45) is 0. The van der Waals surface area contributed by atoms with Gasteiger partial charge in [-0.3, -0.25) is 0 Å². The van der Waals surface area contributed by atoms with Crippen molar-refractivity contribution in [1.82, 2.24) is 4.57 Å². The second-order valence-corrected chi connectivity index (χ2v) is 7.08. The molecule has 0 spiro atoms. The fourth-order valence-corrected chi connectivity index (χ4v) is 4.58. The van der Waals surface area contributed by atoms with Crippen LogP contribution in [-0.4, -0.2) is 4.57 Å². The molecule has 0 amide bonds. The van der Waals surface area contributed by atoms with Crippen molar-refractivity contribution in [3.8, 4) is 0 Å². The summed E-state index contributed by atoms with van der Waals surface area (Å²) in [6, 6.07) is 31.0. The molecule has 0 saturated carbocycles. The van der Waals surface area contributed by atoms with E-state index in [1.807, 2.05) is 0 Å². The van der Waals surface area contributed by atoms with Crippen LogP contribution in [0.3, 0.4) is 0 Å². The van der Waals surface area contributed by atoms with E-state index in [9.17, 15) is 0 Å². The molecule has 0 unspecified atom stereocenters. The average Bonchev–Trinajstić information content (AvgIpc) is 3.00. The summed E-state index contributed by atoms with van der Waals surface area (Å²) in [5, 5.41) is 10.6. The second-order valence-electron chi connectivity index (χ2n) is 7.08. The lowest BCUT2D eigenvalue weighted by Gasteiger charge is -2.09. The summed E-state index contributed by atoms with van der Waals surface area (Å²) < 4.78 is 2.33. The van der Waals surface area contributed by atoms with Gasteiger partial charge in [0, 0.05) is 28.7 Å². The predicted molar refractivity (Wildman–Crippen MR) is 113 cm³/mol. The molecule has 122 valence electrons.